The van der Waals surface area contributed by atoms with Gasteiger partial charge >= 0.3 is 0 Å². The van der Waals surface area contributed by atoms with Crippen LogP contribution in [0, 0.1) is 0 Å². The van der Waals surface area contributed by atoms with Crippen LogP contribution < -0.4 is 14.2 Å². The van der Waals surface area contributed by atoms with Gasteiger partial charge in [0.15, 0.2) is 5.75 Å². The lowest BCUT2D eigenvalue weighted by Gasteiger charge is -2.10. The zero-order chi connectivity index (χ0) is 18.7. The van der Waals surface area contributed by atoms with Crippen molar-refractivity contribution >= 4 is 49.1 Å². The molecule has 0 radical (unpaired) electrons. The van der Waals surface area contributed by atoms with E-state index in [9.17, 15) is 12.8 Å². The number of hydrogen-bond donors (Lipinski definition) is 1. The summed E-state index contributed by atoms with van der Waals surface area (Å²) in [5.41, 5.74) is 0. The van der Waals surface area contributed by atoms with Crippen LogP contribution in [0.5, 0.6) is 11.6 Å². The topological polar surface area (TPSA) is 103 Å². The second kappa shape index (κ2) is 7.56. The van der Waals surface area contributed by atoms with E-state index in [2.05, 4.69) is 19.7 Å². The van der Waals surface area contributed by atoms with Crippen molar-refractivity contribution in [3.8, 4) is 11.6 Å². The predicted octanol–water partition coefficient (Wildman–Crippen LogP) is 2.90. The Hall–Kier alpha value is -2.24. The fraction of sp³-hybridized carbons (Fsp3) is 0.214. The summed E-state index contributed by atoms with van der Waals surface area (Å²) in [6, 6.07) is 3.08. The van der Waals surface area contributed by atoms with Gasteiger partial charge in [-0.1, -0.05) is 11.6 Å². The van der Waals surface area contributed by atoms with Crippen molar-refractivity contribution in [1.82, 2.24) is 15.0 Å². The van der Waals surface area contributed by atoms with Crippen LogP contribution in [0.25, 0.3) is 10.2 Å². The van der Waals surface area contributed by atoms with Crippen LogP contribution in [-0.4, -0.2) is 43.8 Å². The maximum atomic E-state index is 12.7. The number of aromatic nitrogens is 3. The quantitative estimate of drug-likeness (QED) is 0.588. The number of sulfonamides is 1. The highest BCUT2D eigenvalue weighted by molar-refractivity contribution is 7.93. The lowest BCUT2D eigenvalue weighted by Crippen LogP contribution is -2.15. The molecule has 0 saturated carbocycles. The minimum absolute atomic E-state index is 0.0187. The summed E-state index contributed by atoms with van der Waals surface area (Å²) in [4.78, 5) is 12.4. The second-order valence-electron chi connectivity index (χ2n) is 4.80. The molecule has 0 unspecified atom stereocenters. The molecule has 0 bridgehead atoms. The molecule has 0 saturated heterocycles. The van der Waals surface area contributed by atoms with Gasteiger partial charge in [-0.15, -0.1) is 11.3 Å². The Morgan fingerprint density at radius 3 is 2.88 bits per heavy atom. The van der Waals surface area contributed by atoms with E-state index in [4.69, 9.17) is 21.1 Å². The van der Waals surface area contributed by atoms with Crippen molar-refractivity contribution in [2.24, 2.45) is 0 Å². The van der Waals surface area contributed by atoms with Gasteiger partial charge in [0, 0.05) is 10.8 Å². The number of fused-ring (bicyclic) bond motifs is 1. The van der Waals surface area contributed by atoms with Crippen molar-refractivity contribution in [1.29, 1.82) is 0 Å². The Morgan fingerprint density at radius 1 is 1.35 bits per heavy atom. The highest BCUT2D eigenvalue weighted by Crippen LogP contribution is 2.31. The van der Waals surface area contributed by atoms with Crippen molar-refractivity contribution in [2.75, 3.05) is 25.1 Å². The molecule has 3 rings (SSSR count). The van der Waals surface area contributed by atoms with Crippen molar-refractivity contribution in [2.45, 2.75) is 4.90 Å². The zero-order valence-corrected chi connectivity index (χ0v) is 15.7. The van der Waals surface area contributed by atoms with Gasteiger partial charge in [0.25, 0.3) is 15.9 Å². The number of ether oxygens (including phenoxy) is 2. The van der Waals surface area contributed by atoms with Crippen LogP contribution in [0.4, 0.5) is 10.3 Å². The lowest BCUT2D eigenvalue weighted by atomic mass is 10.3. The third-order valence-corrected chi connectivity index (χ3v) is 5.75. The van der Waals surface area contributed by atoms with Crippen molar-refractivity contribution in [3.05, 3.63) is 28.9 Å². The maximum absolute atomic E-state index is 12.7. The second-order valence-corrected chi connectivity index (χ2v) is 7.69. The van der Waals surface area contributed by atoms with Gasteiger partial charge < -0.3 is 9.47 Å². The molecular formula is C14H12ClFN4O4S2. The van der Waals surface area contributed by atoms with Crippen molar-refractivity contribution in [3.63, 3.8) is 0 Å². The Bertz CT molecular complexity index is 1040. The monoisotopic (exact) mass is 418 g/mol. The number of thiophene rings is 1. The highest BCUT2D eigenvalue weighted by Gasteiger charge is 2.22. The van der Waals surface area contributed by atoms with Crippen LogP contribution in [0.2, 0.25) is 5.15 Å². The number of anilines is 1. The molecular weight excluding hydrogens is 407 g/mol. The van der Waals surface area contributed by atoms with E-state index in [1.54, 1.807) is 6.07 Å². The average Bonchev–Trinajstić information content (AvgIpc) is 3.04. The van der Waals surface area contributed by atoms with E-state index in [1.165, 1.54) is 24.8 Å². The number of hydrogen-bond acceptors (Lipinski definition) is 8. The van der Waals surface area contributed by atoms with E-state index in [1.807, 2.05) is 0 Å². The molecule has 0 spiro atoms. The summed E-state index contributed by atoms with van der Waals surface area (Å²) < 4.78 is 49.9. The summed E-state index contributed by atoms with van der Waals surface area (Å²) in [5, 5.41) is 2.15. The van der Waals surface area contributed by atoms with E-state index in [-0.39, 0.29) is 34.2 Å². The Kier molecular flexibility index (Phi) is 5.39. The highest BCUT2D eigenvalue weighted by atomic mass is 35.5. The molecule has 138 valence electrons. The summed E-state index contributed by atoms with van der Waals surface area (Å²) in [7, 11) is -2.64. The number of alkyl halides is 1. The molecule has 0 aromatic carbocycles. The van der Waals surface area contributed by atoms with Crippen LogP contribution in [0.15, 0.2) is 28.6 Å². The van der Waals surface area contributed by atoms with Crippen LogP contribution >= 0.6 is 22.9 Å². The number of methoxy groups -OCH3 is 1. The molecule has 12 heteroatoms. The van der Waals surface area contributed by atoms with Gasteiger partial charge in [-0.3, -0.25) is 0 Å². The van der Waals surface area contributed by atoms with Gasteiger partial charge in [-0.25, -0.2) is 27.5 Å². The number of halogens is 2. The molecule has 8 nitrogen and oxygen atoms in total. The van der Waals surface area contributed by atoms with Gasteiger partial charge in [0.1, 0.15) is 28.2 Å². The minimum atomic E-state index is -3.97. The van der Waals surface area contributed by atoms with Crippen LogP contribution in [0.1, 0.15) is 0 Å². The van der Waals surface area contributed by atoms with E-state index < -0.39 is 16.7 Å². The molecule has 3 aromatic heterocycles. The normalized spacial score (nSPS) is 11.5. The molecule has 3 aromatic rings. The third-order valence-electron chi connectivity index (χ3n) is 3.13. The summed E-state index contributed by atoms with van der Waals surface area (Å²) in [6.45, 7) is -0.887. The predicted molar refractivity (Wildman–Crippen MR) is 95.5 cm³/mol. The first-order chi connectivity index (χ1) is 12.4. The minimum Gasteiger partial charge on any atom is -0.484 e. The molecule has 0 amide bonds. The number of rotatable bonds is 7. The Morgan fingerprint density at radius 2 is 2.15 bits per heavy atom. The summed E-state index contributed by atoms with van der Waals surface area (Å²) in [5.74, 6) is -0.126. The molecule has 0 aliphatic carbocycles. The number of nitrogens with zero attached hydrogens (tertiary/aromatic N) is 3. The number of pyridine rings is 1. The first kappa shape index (κ1) is 18.5. The number of nitrogens with one attached hydrogen (secondary N) is 1. The molecule has 0 fully saturated rings. The largest absolute Gasteiger partial charge is 0.484 e. The standard InChI is InChI=1S/C14H12ClFN4O4S2/c1-23-12-9(24-5-4-16)6-17-14(19-12)20-26(21,22)10-7-25-13-8(10)2-3-11(15)18-13/h2-3,6-7H,4-5H2,1H3,(H,17,19,20). The Labute approximate surface area is 157 Å². The molecule has 0 aliphatic rings. The first-order valence-electron chi connectivity index (χ1n) is 7.11. The molecule has 0 aliphatic heterocycles. The summed E-state index contributed by atoms with van der Waals surface area (Å²) in [6.07, 6.45) is 1.20. The van der Waals surface area contributed by atoms with E-state index >= 15 is 0 Å². The van der Waals surface area contributed by atoms with E-state index in [0.717, 1.165) is 11.3 Å². The molecule has 0 atom stereocenters. The van der Waals surface area contributed by atoms with Crippen LogP contribution in [0.3, 0.4) is 0 Å². The van der Waals surface area contributed by atoms with Crippen LogP contribution in [-0.2, 0) is 10.0 Å². The third kappa shape index (κ3) is 3.79. The maximum Gasteiger partial charge on any atom is 0.265 e. The average molecular weight is 419 g/mol. The van der Waals surface area contributed by atoms with Gasteiger partial charge in [0.2, 0.25) is 5.95 Å². The van der Waals surface area contributed by atoms with E-state index in [0.29, 0.717) is 10.2 Å². The first-order valence-corrected chi connectivity index (χ1v) is 9.85. The summed E-state index contributed by atoms with van der Waals surface area (Å²) >= 11 is 6.97. The zero-order valence-electron chi connectivity index (χ0n) is 13.3. The SMILES string of the molecule is COc1nc(NS(=O)(=O)c2csc3nc(Cl)ccc23)ncc1OCCF. The Balaban J connectivity index is 1.91. The lowest BCUT2D eigenvalue weighted by molar-refractivity contribution is 0.256. The van der Waals surface area contributed by atoms with Gasteiger partial charge in [-0.05, 0) is 12.1 Å². The van der Waals surface area contributed by atoms with Crippen molar-refractivity contribution < 1.29 is 22.3 Å². The fourth-order valence-electron chi connectivity index (χ4n) is 2.05. The molecule has 1 N–H and O–H groups in total. The van der Waals surface area contributed by atoms with Gasteiger partial charge in [0.05, 0.1) is 13.3 Å². The fourth-order valence-corrected chi connectivity index (χ4v) is 4.67. The molecule has 26 heavy (non-hydrogen) atoms. The molecule has 3 heterocycles. The smallest absolute Gasteiger partial charge is 0.265 e. The van der Waals surface area contributed by atoms with Gasteiger partial charge in [-0.2, -0.15) is 4.98 Å².